The van der Waals surface area contributed by atoms with Crippen molar-refractivity contribution in [2.75, 3.05) is 24.3 Å². The van der Waals surface area contributed by atoms with Gasteiger partial charge in [0.25, 0.3) is 0 Å². The molecule has 0 saturated heterocycles. The van der Waals surface area contributed by atoms with Gasteiger partial charge in [-0.05, 0) is 47.7 Å². The minimum absolute atomic E-state index is 0.640. The number of thiophene rings is 1. The molecule has 0 aliphatic heterocycles. The molecule has 5 nitrogen and oxygen atoms in total. The van der Waals surface area contributed by atoms with Crippen molar-refractivity contribution in [2.45, 2.75) is 13.0 Å². The number of ether oxygens (including phenoxy) is 1. The number of anilines is 2. The molecule has 0 spiro atoms. The van der Waals surface area contributed by atoms with Crippen LogP contribution in [0.5, 0.6) is 5.75 Å². The molecule has 0 fully saturated rings. The number of nitrogens with zero attached hydrogens (tertiary/aromatic N) is 2. The van der Waals surface area contributed by atoms with E-state index in [1.165, 1.54) is 10.4 Å². The van der Waals surface area contributed by atoms with Crippen LogP contribution in [-0.4, -0.2) is 23.6 Å². The molecule has 142 valence electrons. The van der Waals surface area contributed by atoms with E-state index in [-0.39, 0.29) is 0 Å². The monoisotopic (exact) mass is 390 g/mol. The maximum absolute atomic E-state index is 5.20. The van der Waals surface area contributed by atoms with Gasteiger partial charge in [0.2, 0.25) is 5.95 Å². The highest BCUT2D eigenvalue weighted by Crippen LogP contribution is 2.23. The molecule has 0 saturated carbocycles. The van der Waals surface area contributed by atoms with Crippen LogP contribution in [0.1, 0.15) is 10.4 Å². The summed E-state index contributed by atoms with van der Waals surface area (Å²) in [6, 6.07) is 20.4. The zero-order valence-electron chi connectivity index (χ0n) is 15.7. The number of hydrogen-bond acceptors (Lipinski definition) is 6. The highest BCUT2D eigenvalue weighted by Gasteiger charge is 2.07. The second kappa shape index (κ2) is 8.71. The van der Waals surface area contributed by atoms with Gasteiger partial charge >= 0.3 is 0 Å². The molecule has 2 heterocycles. The fourth-order valence-electron chi connectivity index (χ4n) is 2.99. The first kappa shape index (κ1) is 18.3. The van der Waals surface area contributed by atoms with Gasteiger partial charge in [-0.1, -0.05) is 30.3 Å². The van der Waals surface area contributed by atoms with Crippen molar-refractivity contribution in [3.8, 4) is 5.75 Å². The van der Waals surface area contributed by atoms with Gasteiger partial charge in [-0.25, -0.2) is 4.98 Å². The largest absolute Gasteiger partial charge is 0.497 e. The first-order valence-corrected chi connectivity index (χ1v) is 10.1. The molecule has 6 heteroatoms. The van der Waals surface area contributed by atoms with Crippen molar-refractivity contribution in [3.05, 3.63) is 76.5 Å². The van der Waals surface area contributed by atoms with E-state index in [1.807, 2.05) is 36.4 Å². The fourth-order valence-corrected chi connectivity index (χ4v) is 3.63. The van der Waals surface area contributed by atoms with Crippen LogP contribution in [0, 0.1) is 0 Å². The minimum Gasteiger partial charge on any atom is -0.497 e. The van der Waals surface area contributed by atoms with Crippen LogP contribution in [0.15, 0.2) is 66.0 Å². The van der Waals surface area contributed by atoms with Gasteiger partial charge in [-0.15, -0.1) is 11.3 Å². The first-order valence-electron chi connectivity index (χ1n) is 9.21. The van der Waals surface area contributed by atoms with E-state index in [1.54, 1.807) is 18.4 Å². The number of benzene rings is 2. The predicted molar refractivity (Wildman–Crippen MR) is 116 cm³/mol. The highest BCUT2D eigenvalue weighted by molar-refractivity contribution is 7.09. The average molecular weight is 391 g/mol. The molecular weight excluding hydrogens is 368 g/mol. The van der Waals surface area contributed by atoms with Gasteiger partial charge in [0.15, 0.2) is 0 Å². The van der Waals surface area contributed by atoms with Crippen molar-refractivity contribution in [3.63, 3.8) is 0 Å². The smallest absolute Gasteiger partial charge is 0.225 e. The van der Waals surface area contributed by atoms with E-state index in [4.69, 9.17) is 9.72 Å². The molecule has 0 amide bonds. The summed E-state index contributed by atoms with van der Waals surface area (Å²) in [6.45, 7) is 1.51. The molecule has 2 aromatic carbocycles. The number of nitrogens with one attached hydrogen (secondary N) is 2. The summed E-state index contributed by atoms with van der Waals surface area (Å²) in [5.41, 5.74) is 2.17. The molecule has 0 bridgehead atoms. The summed E-state index contributed by atoms with van der Waals surface area (Å²) in [7, 11) is 1.68. The lowest BCUT2D eigenvalue weighted by atomic mass is 10.1. The summed E-state index contributed by atoms with van der Waals surface area (Å²) in [5.74, 6) is 2.36. The van der Waals surface area contributed by atoms with Crippen LogP contribution < -0.4 is 15.4 Å². The zero-order chi connectivity index (χ0) is 19.2. The van der Waals surface area contributed by atoms with Gasteiger partial charge in [0.1, 0.15) is 11.6 Å². The van der Waals surface area contributed by atoms with Crippen molar-refractivity contribution in [2.24, 2.45) is 0 Å². The molecule has 0 aliphatic carbocycles. The van der Waals surface area contributed by atoms with E-state index in [9.17, 15) is 0 Å². The second-order valence-corrected chi connectivity index (χ2v) is 7.40. The standard InChI is InChI=1S/C22H22N4OS/c1-27-17-10-8-16(9-11-17)12-13-23-22-25-20-7-3-2-6-19(20)21(26-22)24-15-18-5-4-14-28-18/h2-11,14H,12-13,15H2,1H3,(H2,23,24,25,26). The van der Waals surface area contributed by atoms with Crippen molar-refractivity contribution >= 4 is 34.0 Å². The molecule has 0 atom stereocenters. The quantitative estimate of drug-likeness (QED) is 0.445. The summed E-state index contributed by atoms with van der Waals surface area (Å²) in [5, 5.41) is 9.93. The van der Waals surface area contributed by atoms with E-state index in [0.717, 1.165) is 42.0 Å². The number of fused-ring (bicyclic) bond motifs is 1. The number of methoxy groups -OCH3 is 1. The lowest BCUT2D eigenvalue weighted by molar-refractivity contribution is 0.414. The molecule has 0 radical (unpaired) electrons. The Balaban J connectivity index is 1.46. The van der Waals surface area contributed by atoms with E-state index >= 15 is 0 Å². The van der Waals surface area contributed by atoms with Gasteiger partial charge in [0, 0.05) is 16.8 Å². The molecule has 4 rings (SSSR count). The lowest BCUT2D eigenvalue weighted by Crippen LogP contribution is -2.10. The summed E-state index contributed by atoms with van der Waals surface area (Å²) in [4.78, 5) is 10.6. The third-order valence-corrected chi connectivity index (χ3v) is 5.35. The maximum Gasteiger partial charge on any atom is 0.225 e. The zero-order valence-corrected chi connectivity index (χ0v) is 16.5. The Bertz CT molecular complexity index is 1030. The highest BCUT2D eigenvalue weighted by atomic mass is 32.1. The molecule has 28 heavy (non-hydrogen) atoms. The summed E-state index contributed by atoms with van der Waals surface area (Å²) in [6.07, 6.45) is 0.887. The average Bonchev–Trinajstić information content (AvgIpc) is 3.26. The molecule has 0 aliphatic rings. The van der Waals surface area contributed by atoms with Crippen LogP contribution in [0.4, 0.5) is 11.8 Å². The lowest BCUT2D eigenvalue weighted by Gasteiger charge is -2.11. The van der Waals surface area contributed by atoms with Gasteiger partial charge < -0.3 is 15.4 Å². The number of rotatable bonds is 8. The number of para-hydroxylation sites is 1. The fraction of sp³-hybridized carbons (Fsp3) is 0.182. The van der Waals surface area contributed by atoms with Crippen molar-refractivity contribution in [1.82, 2.24) is 9.97 Å². The second-order valence-electron chi connectivity index (χ2n) is 6.37. The van der Waals surface area contributed by atoms with Gasteiger partial charge in [-0.3, -0.25) is 0 Å². The number of aromatic nitrogens is 2. The SMILES string of the molecule is COc1ccc(CCNc2nc(NCc3cccs3)c3ccccc3n2)cc1. The Hall–Kier alpha value is -3.12. The Morgan fingerprint density at radius 3 is 2.57 bits per heavy atom. The number of hydrogen-bond donors (Lipinski definition) is 2. The maximum atomic E-state index is 5.20. The van der Waals surface area contributed by atoms with Crippen LogP contribution in [0.25, 0.3) is 10.9 Å². The Morgan fingerprint density at radius 1 is 0.929 bits per heavy atom. The first-order chi connectivity index (χ1) is 13.8. The van der Waals surface area contributed by atoms with Crippen LogP contribution in [-0.2, 0) is 13.0 Å². The Morgan fingerprint density at radius 2 is 1.79 bits per heavy atom. The minimum atomic E-state index is 0.640. The Labute approximate surface area is 168 Å². The molecule has 2 N–H and O–H groups in total. The molecule has 4 aromatic rings. The summed E-state index contributed by atoms with van der Waals surface area (Å²) >= 11 is 1.74. The Kier molecular flexibility index (Phi) is 5.68. The van der Waals surface area contributed by atoms with Crippen molar-refractivity contribution in [1.29, 1.82) is 0 Å². The molecule has 0 unspecified atom stereocenters. The van der Waals surface area contributed by atoms with Crippen LogP contribution in [0.2, 0.25) is 0 Å². The van der Waals surface area contributed by atoms with Gasteiger partial charge in [0.05, 0.1) is 19.2 Å². The normalized spacial score (nSPS) is 10.8. The van der Waals surface area contributed by atoms with E-state index < -0.39 is 0 Å². The van der Waals surface area contributed by atoms with E-state index in [0.29, 0.717) is 5.95 Å². The van der Waals surface area contributed by atoms with Crippen LogP contribution >= 0.6 is 11.3 Å². The van der Waals surface area contributed by atoms with Gasteiger partial charge in [-0.2, -0.15) is 4.98 Å². The molecule has 2 aromatic heterocycles. The third-order valence-electron chi connectivity index (χ3n) is 4.47. The van der Waals surface area contributed by atoms with Crippen LogP contribution in [0.3, 0.4) is 0 Å². The summed E-state index contributed by atoms with van der Waals surface area (Å²) < 4.78 is 5.20. The topological polar surface area (TPSA) is 59.1 Å². The third kappa shape index (κ3) is 4.40. The molecular formula is C22H22N4OS. The predicted octanol–water partition coefficient (Wildman–Crippen LogP) is 4.97. The van der Waals surface area contributed by atoms with Crippen molar-refractivity contribution < 1.29 is 4.74 Å². The van der Waals surface area contributed by atoms with E-state index in [2.05, 4.69) is 45.3 Å².